The third-order valence-corrected chi connectivity index (χ3v) is 5.63. The zero-order chi connectivity index (χ0) is 17.8. The molecule has 1 N–H and O–H groups in total. The highest BCUT2D eigenvalue weighted by atomic mass is 16.6. The number of ether oxygens (including phenoxy) is 1. The van der Waals surface area contributed by atoms with Gasteiger partial charge in [-0.3, -0.25) is 0 Å². The standard InChI is InChI=1S/C20H38N2O2/c1-6-10-20(15-21-17(7-2)16-8-9-16)11-13-22(14-12-20)18(23)24-19(3,4)5/h16-17,21H,6-15H2,1-5H3. The molecule has 1 heterocycles. The van der Waals surface area contributed by atoms with Gasteiger partial charge in [0.05, 0.1) is 0 Å². The molecule has 140 valence electrons. The smallest absolute Gasteiger partial charge is 0.410 e. The molecule has 2 fully saturated rings. The van der Waals surface area contributed by atoms with Crippen LogP contribution in [0.15, 0.2) is 0 Å². The number of rotatable bonds is 7. The molecule has 2 rings (SSSR count). The Morgan fingerprint density at radius 3 is 2.33 bits per heavy atom. The first-order valence-electron chi connectivity index (χ1n) is 10.00. The Balaban J connectivity index is 1.87. The van der Waals surface area contributed by atoms with E-state index in [1.54, 1.807) is 0 Å². The SMILES string of the molecule is CCCC1(CNC(CC)C2CC2)CCN(C(=O)OC(C)(C)C)CC1. The first-order valence-corrected chi connectivity index (χ1v) is 10.00. The van der Waals surface area contributed by atoms with Crippen molar-refractivity contribution in [1.29, 1.82) is 0 Å². The molecular formula is C20H38N2O2. The van der Waals surface area contributed by atoms with Crippen molar-refractivity contribution in [3.8, 4) is 0 Å². The van der Waals surface area contributed by atoms with Gasteiger partial charge in [-0.25, -0.2) is 4.79 Å². The molecule has 1 atom stereocenters. The molecule has 4 nitrogen and oxygen atoms in total. The van der Waals surface area contributed by atoms with Crippen LogP contribution in [0.2, 0.25) is 0 Å². The van der Waals surface area contributed by atoms with Crippen LogP contribution < -0.4 is 5.32 Å². The van der Waals surface area contributed by atoms with Crippen molar-refractivity contribution < 1.29 is 9.53 Å². The van der Waals surface area contributed by atoms with Crippen molar-refractivity contribution in [3.05, 3.63) is 0 Å². The lowest BCUT2D eigenvalue weighted by atomic mass is 9.74. The fourth-order valence-corrected chi connectivity index (χ4v) is 4.03. The van der Waals surface area contributed by atoms with Crippen LogP contribution in [0.3, 0.4) is 0 Å². The predicted octanol–water partition coefficient (Wildman–Crippen LogP) is 4.58. The molecule has 0 aromatic carbocycles. The van der Waals surface area contributed by atoms with Gasteiger partial charge in [0.15, 0.2) is 0 Å². The van der Waals surface area contributed by atoms with Crippen LogP contribution in [0.25, 0.3) is 0 Å². The number of amides is 1. The Morgan fingerprint density at radius 2 is 1.88 bits per heavy atom. The molecule has 1 amide bonds. The number of hydrogen-bond acceptors (Lipinski definition) is 3. The van der Waals surface area contributed by atoms with Crippen LogP contribution in [-0.4, -0.2) is 42.3 Å². The van der Waals surface area contributed by atoms with Crippen LogP contribution >= 0.6 is 0 Å². The summed E-state index contributed by atoms with van der Waals surface area (Å²) < 4.78 is 5.53. The van der Waals surface area contributed by atoms with Gasteiger partial charge in [0.25, 0.3) is 0 Å². The molecule has 1 unspecified atom stereocenters. The highest BCUT2D eigenvalue weighted by molar-refractivity contribution is 5.68. The molecule has 1 aliphatic heterocycles. The van der Waals surface area contributed by atoms with E-state index in [1.807, 2.05) is 25.7 Å². The van der Waals surface area contributed by atoms with E-state index in [0.717, 1.165) is 38.4 Å². The maximum atomic E-state index is 12.3. The number of likely N-dealkylation sites (tertiary alicyclic amines) is 1. The maximum absolute atomic E-state index is 12.3. The quantitative estimate of drug-likeness (QED) is 0.738. The van der Waals surface area contributed by atoms with Gasteiger partial charge in [0.2, 0.25) is 0 Å². The molecule has 1 saturated carbocycles. The third kappa shape index (κ3) is 5.65. The van der Waals surface area contributed by atoms with E-state index in [4.69, 9.17) is 4.74 Å². The van der Waals surface area contributed by atoms with Crippen molar-refractivity contribution in [2.24, 2.45) is 11.3 Å². The van der Waals surface area contributed by atoms with E-state index < -0.39 is 5.60 Å². The molecule has 2 aliphatic rings. The van der Waals surface area contributed by atoms with Gasteiger partial charge in [0, 0.05) is 25.7 Å². The normalized spacial score (nSPS) is 22.3. The van der Waals surface area contributed by atoms with Crippen LogP contribution in [-0.2, 0) is 4.74 Å². The summed E-state index contributed by atoms with van der Waals surface area (Å²) in [6.07, 6.45) is 8.54. The van der Waals surface area contributed by atoms with E-state index in [-0.39, 0.29) is 6.09 Å². The predicted molar refractivity (Wildman–Crippen MR) is 99.2 cm³/mol. The molecular weight excluding hydrogens is 300 g/mol. The van der Waals surface area contributed by atoms with Crippen molar-refractivity contribution in [3.63, 3.8) is 0 Å². The summed E-state index contributed by atoms with van der Waals surface area (Å²) in [4.78, 5) is 14.2. The van der Waals surface area contributed by atoms with E-state index in [9.17, 15) is 4.79 Å². The molecule has 0 aromatic heterocycles. The Bertz CT molecular complexity index is 404. The molecule has 0 bridgehead atoms. The van der Waals surface area contributed by atoms with Crippen LogP contribution in [0, 0.1) is 11.3 Å². The van der Waals surface area contributed by atoms with Crippen molar-refractivity contribution in [2.45, 2.75) is 91.2 Å². The van der Waals surface area contributed by atoms with E-state index in [1.165, 1.54) is 32.1 Å². The lowest BCUT2D eigenvalue weighted by Gasteiger charge is -2.43. The molecule has 0 aromatic rings. The monoisotopic (exact) mass is 338 g/mol. The average molecular weight is 339 g/mol. The summed E-state index contributed by atoms with van der Waals surface area (Å²) in [5.41, 5.74) is -0.0508. The van der Waals surface area contributed by atoms with Gasteiger partial charge in [-0.15, -0.1) is 0 Å². The van der Waals surface area contributed by atoms with Crippen molar-refractivity contribution in [2.75, 3.05) is 19.6 Å². The third-order valence-electron chi connectivity index (χ3n) is 5.63. The molecule has 1 aliphatic carbocycles. The lowest BCUT2D eigenvalue weighted by Crippen LogP contribution is -2.49. The van der Waals surface area contributed by atoms with Gasteiger partial charge < -0.3 is 15.0 Å². The fourth-order valence-electron chi connectivity index (χ4n) is 4.03. The maximum Gasteiger partial charge on any atom is 0.410 e. The largest absolute Gasteiger partial charge is 0.444 e. The number of piperidine rings is 1. The molecule has 1 saturated heterocycles. The highest BCUT2D eigenvalue weighted by Crippen LogP contribution is 2.38. The molecule has 4 heteroatoms. The van der Waals surface area contributed by atoms with Crippen LogP contribution in [0.5, 0.6) is 0 Å². The summed E-state index contributed by atoms with van der Waals surface area (Å²) in [6, 6.07) is 0.697. The lowest BCUT2D eigenvalue weighted by molar-refractivity contribution is 0.00835. The average Bonchev–Trinajstić information content (AvgIpc) is 3.32. The number of carbonyl (C=O) groups is 1. The van der Waals surface area contributed by atoms with E-state index in [0.29, 0.717) is 11.5 Å². The first kappa shape index (κ1) is 19.6. The van der Waals surface area contributed by atoms with Crippen molar-refractivity contribution >= 4 is 6.09 Å². The van der Waals surface area contributed by atoms with Gasteiger partial charge >= 0.3 is 6.09 Å². The number of carbonyl (C=O) groups excluding carboxylic acids is 1. The molecule has 0 spiro atoms. The Hall–Kier alpha value is -0.770. The number of nitrogens with zero attached hydrogens (tertiary/aromatic N) is 1. The van der Waals surface area contributed by atoms with Gasteiger partial charge in [-0.1, -0.05) is 20.3 Å². The van der Waals surface area contributed by atoms with Crippen molar-refractivity contribution in [1.82, 2.24) is 10.2 Å². The second-order valence-corrected chi connectivity index (χ2v) is 8.95. The summed E-state index contributed by atoms with van der Waals surface area (Å²) >= 11 is 0. The first-order chi connectivity index (χ1) is 11.3. The van der Waals surface area contributed by atoms with Crippen LogP contribution in [0.4, 0.5) is 4.79 Å². The number of nitrogens with one attached hydrogen (secondary N) is 1. The van der Waals surface area contributed by atoms with Gasteiger partial charge in [-0.2, -0.15) is 0 Å². The van der Waals surface area contributed by atoms with Crippen LogP contribution in [0.1, 0.15) is 79.6 Å². The van der Waals surface area contributed by atoms with E-state index in [2.05, 4.69) is 19.2 Å². The molecule has 24 heavy (non-hydrogen) atoms. The second kappa shape index (κ2) is 8.07. The summed E-state index contributed by atoms with van der Waals surface area (Å²) in [7, 11) is 0. The topological polar surface area (TPSA) is 41.6 Å². The Morgan fingerprint density at radius 1 is 1.25 bits per heavy atom. The Kier molecular flexibility index (Phi) is 6.58. The fraction of sp³-hybridized carbons (Fsp3) is 0.950. The minimum Gasteiger partial charge on any atom is -0.444 e. The zero-order valence-electron chi connectivity index (χ0n) is 16.5. The summed E-state index contributed by atoms with van der Waals surface area (Å²) in [6.45, 7) is 13.1. The van der Waals surface area contributed by atoms with E-state index >= 15 is 0 Å². The molecule has 0 radical (unpaired) electrons. The summed E-state index contributed by atoms with van der Waals surface area (Å²) in [5, 5.41) is 3.87. The minimum absolute atomic E-state index is 0.148. The number of hydrogen-bond donors (Lipinski definition) is 1. The Labute approximate surface area is 148 Å². The minimum atomic E-state index is -0.408. The second-order valence-electron chi connectivity index (χ2n) is 8.95. The van der Waals surface area contributed by atoms with Gasteiger partial charge in [0.1, 0.15) is 5.60 Å². The summed E-state index contributed by atoms with van der Waals surface area (Å²) in [5.74, 6) is 0.913. The highest BCUT2D eigenvalue weighted by Gasteiger charge is 2.38. The van der Waals surface area contributed by atoms with Gasteiger partial charge in [-0.05, 0) is 70.6 Å². The zero-order valence-corrected chi connectivity index (χ0v) is 16.5.